The highest BCUT2D eigenvalue weighted by Crippen LogP contribution is 2.52. The smallest absolute Gasteiger partial charge is 0.425 e. The number of carbonyl (C=O) groups excluding carboxylic acids is 1. The van der Waals surface area contributed by atoms with Crippen LogP contribution in [0.25, 0.3) is 0 Å². The molecule has 0 spiro atoms. The molecule has 1 amide bonds. The van der Waals surface area contributed by atoms with E-state index < -0.39 is 35.7 Å². The fourth-order valence-corrected chi connectivity index (χ4v) is 2.62. The summed E-state index contributed by atoms with van der Waals surface area (Å²) >= 11 is 0. The highest BCUT2D eigenvalue weighted by molar-refractivity contribution is 5.83. The Balaban J connectivity index is 1.90. The highest BCUT2D eigenvalue weighted by atomic mass is 19.4. The summed E-state index contributed by atoms with van der Waals surface area (Å²) in [6.07, 6.45) is -10.6. The van der Waals surface area contributed by atoms with E-state index in [9.17, 15) is 31.1 Å². The lowest BCUT2D eigenvalue weighted by Crippen LogP contribution is -2.51. The van der Waals surface area contributed by atoms with Crippen molar-refractivity contribution in [2.24, 2.45) is 11.3 Å². The molecule has 1 heterocycles. The van der Waals surface area contributed by atoms with E-state index in [0.717, 1.165) is 19.3 Å². The number of alkyl halides is 6. The van der Waals surface area contributed by atoms with Gasteiger partial charge in [-0.05, 0) is 19.8 Å². The summed E-state index contributed by atoms with van der Waals surface area (Å²) in [4.78, 5) is 19.4. The molecule has 146 valence electrons. The van der Waals surface area contributed by atoms with Crippen LogP contribution in [0.3, 0.4) is 0 Å². The molecule has 0 aromatic carbocycles. The number of aromatic nitrogens is 2. The molecule has 0 bridgehead atoms. The van der Waals surface area contributed by atoms with Gasteiger partial charge in [-0.1, -0.05) is 6.92 Å². The van der Waals surface area contributed by atoms with Crippen molar-refractivity contribution in [2.75, 3.05) is 0 Å². The van der Waals surface area contributed by atoms with Gasteiger partial charge in [0.25, 0.3) is 0 Å². The summed E-state index contributed by atoms with van der Waals surface area (Å²) in [6, 6.07) is 1.13. The van der Waals surface area contributed by atoms with Crippen LogP contribution in [0, 0.1) is 11.3 Å². The van der Waals surface area contributed by atoms with E-state index in [-0.39, 0.29) is 31.0 Å². The molecule has 1 aliphatic carbocycles. The van der Waals surface area contributed by atoms with Crippen LogP contribution < -0.4 is 10.1 Å². The van der Waals surface area contributed by atoms with Crippen molar-refractivity contribution in [3.63, 3.8) is 0 Å². The van der Waals surface area contributed by atoms with Gasteiger partial charge in [0, 0.05) is 11.5 Å². The van der Waals surface area contributed by atoms with E-state index in [1.807, 2.05) is 0 Å². The first kappa shape index (κ1) is 20.2. The second kappa shape index (κ2) is 6.92. The van der Waals surface area contributed by atoms with Gasteiger partial charge in [0.15, 0.2) is 6.10 Å². The standard InChI is InChI=1S/C15H17F6N3O2/c1-8(14(16,17)18)26-11-3-10(23-7-24-11)6-22-12(25)13(2)4-9(5-13)15(19,20)21/h3,7-9H,4-6H2,1-2H3,(H,22,25)/t8-,9?,13?/m1/s1. The zero-order chi connectivity index (χ0) is 19.8. The zero-order valence-corrected chi connectivity index (χ0v) is 13.9. The molecule has 0 aliphatic heterocycles. The fraction of sp³-hybridized carbons (Fsp3) is 0.667. The highest BCUT2D eigenvalue weighted by Gasteiger charge is 2.56. The molecular weight excluding hydrogens is 368 g/mol. The molecule has 1 aromatic rings. The average Bonchev–Trinajstić information content (AvgIpc) is 2.47. The van der Waals surface area contributed by atoms with Crippen LogP contribution >= 0.6 is 0 Å². The summed E-state index contributed by atoms with van der Waals surface area (Å²) in [6.45, 7) is 2.09. The molecule has 11 heteroatoms. The van der Waals surface area contributed by atoms with Crippen LogP contribution in [-0.4, -0.2) is 34.3 Å². The summed E-state index contributed by atoms with van der Waals surface area (Å²) in [5, 5.41) is 2.45. The quantitative estimate of drug-likeness (QED) is 0.790. The predicted molar refractivity (Wildman–Crippen MR) is 76.9 cm³/mol. The third kappa shape index (κ3) is 4.76. The molecule has 1 saturated carbocycles. The van der Waals surface area contributed by atoms with Crippen molar-refractivity contribution in [3.05, 3.63) is 18.1 Å². The van der Waals surface area contributed by atoms with Crippen LogP contribution in [-0.2, 0) is 11.3 Å². The van der Waals surface area contributed by atoms with Crippen LogP contribution in [0.4, 0.5) is 26.3 Å². The Morgan fingerprint density at radius 2 is 1.92 bits per heavy atom. The van der Waals surface area contributed by atoms with E-state index in [2.05, 4.69) is 20.0 Å². The summed E-state index contributed by atoms with van der Waals surface area (Å²) in [7, 11) is 0. The van der Waals surface area contributed by atoms with E-state index in [1.165, 1.54) is 6.92 Å². The first-order chi connectivity index (χ1) is 11.8. The number of nitrogens with zero attached hydrogens (tertiary/aromatic N) is 2. The normalized spacial score (nSPS) is 24.5. The summed E-state index contributed by atoms with van der Waals surface area (Å²) in [5.74, 6) is -2.38. The number of nitrogens with one attached hydrogen (secondary N) is 1. The molecule has 2 rings (SSSR count). The minimum Gasteiger partial charge on any atom is -0.465 e. The average molecular weight is 385 g/mol. The van der Waals surface area contributed by atoms with Crippen molar-refractivity contribution in [1.29, 1.82) is 0 Å². The second-order valence-corrected chi connectivity index (χ2v) is 6.54. The van der Waals surface area contributed by atoms with E-state index in [4.69, 9.17) is 0 Å². The van der Waals surface area contributed by atoms with Gasteiger partial charge in [-0.25, -0.2) is 9.97 Å². The zero-order valence-electron chi connectivity index (χ0n) is 13.9. The maximum atomic E-state index is 12.5. The monoisotopic (exact) mass is 385 g/mol. The molecule has 0 radical (unpaired) electrons. The fourth-order valence-electron chi connectivity index (χ4n) is 2.62. The summed E-state index contributed by atoms with van der Waals surface area (Å²) < 4.78 is 79.7. The van der Waals surface area contributed by atoms with Crippen LogP contribution in [0.5, 0.6) is 5.88 Å². The van der Waals surface area contributed by atoms with Crippen molar-refractivity contribution in [3.8, 4) is 5.88 Å². The van der Waals surface area contributed by atoms with Gasteiger partial charge in [-0.2, -0.15) is 26.3 Å². The maximum Gasteiger partial charge on any atom is 0.425 e. The molecule has 26 heavy (non-hydrogen) atoms. The Labute approximate surface area is 145 Å². The summed E-state index contributed by atoms with van der Waals surface area (Å²) in [5.41, 5.74) is -0.954. The number of hydrogen-bond donors (Lipinski definition) is 1. The number of carbonyl (C=O) groups is 1. The lowest BCUT2D eigenvalue weighted by atomic mass is 9.62. The second-order valence-electron chi connectivity index (χ2n) is 6.54. The lowest BCUT2D eigenvalue weighted by molar-refractivity contribution is -0.218. The van der Waals surface area contributed by atoms with Crippen molar-refractivity contribution in [2.45, 2.75) is 51.7 Å². The van der Waals surface area contributed by atoms with Crippen LogP contribution in [0.2, 0.25) is 0 Å². The Bertz CT molecular complexity index is 656. The number of amides is 1. The third-order valence-electron chi connectivity index (χ3n) is 4.29. The van der Waals surface area contributed by atoms with Gasteiger partial charge in [0.1, 0.15) is 6.33 Å². The number of hydrogen-bond acceptors (Lipinski definition) is 4. The molecule has 1 aliphatic rings. The van der Waals surface area contributed by atoms with Crippen LogP contribution in [0.1, 0.15) is 32.4 Å². The molecule has 0 saturated heterocycles. The Morgan fingerprint density at radius 1 is 1.31 bits per heavy atom. The number of rotatable bonds is 5. The van der Waals surface area contributed by atoms with E-state index in [0.29, 0.717) is 0 Å². The van der Waals surface area contributed by atoms with Gasteiger partial charge in [0.05, 0.1) is 18.2 Å². The topological polar surface area (TPSA) is 64.1 Å². The van der Waals surface area contributed by atoms with Gasteiger partial charge >= 0.3 is 12.4 Å². The molecule has 1 N–H and O–H groups in total. The number of ether oxygens (including phenoxy) is 1. The minimum absolute atomic E-state index is 0.162. The Morgan fingerprint density at radius 3 is 2.46 bits per heavy atom. The van der Waals surface area contributed by atoms with Crippen molar-refractivity contribution in [1.82, 2.24) is 15.3 Å². The van der Waals surface area contributed by atoms with Crippen molar-refractivity contribution >= 4 is 5.91 Å². The van der Waals surface area contributed by atoms with Gasteiger partial charge < -0.3 is 10.1 Å². The predicted octanol–water partition coefficient (Wildman–Crippen LogP) is 3.40. The van der Waals surface area contributed by atoms with Crippen molar-refractivity contribution < 1.29 is 35.9 Å². The van der Waals surface area contributed by atoms with E-state index in [1.54, 1.807) is 0 Å². The first-order valence-electron chi connectivity index (χ1n) is 7.70. The lowest BCUT2D eigenvalue weighted by Gasteiger charge is -2.44. The Kier molecular flexibility index (Phi) is 5.39. The van der Waals surface area contributed by atoms with Gasteiger partial charge in [-0.15, -0.1) is 0 Å². The molecule has 1 fully saturated rings. The maximum absolute atomic E-state index is 12.5. The molecule has 1 atom stereocenters. The number of halogens is 6. The van der Waals surface area contributed by atoms with Gasteiger partial charge in [0.2, 0.25) is 11.8 Å². The molecule has 0 unspecified atom stereocenters. The van der Waals surface area contributed by atoms with Gasteiger partial charge in [-0.3, -0.25) is 4.79 Å². The SMILES string of the molecule is C[C@@H](Oc1cc(CNC(=O)C2(C)CC(C(F)(F)F)C2)ncn1)C(F)(F)F. The minimum atomic E-state index is -4.56. The largest absolute Gasteiger partial charge is 0.465 e. The Hall–Kier alpha value is -2.07. The third-order valence-corrected chi connectivity index (χ3v) is 4.29. The first-order valence-corrected chi connectivity index (χ1v) is 7.70. The molecule has 1 aromatic heterocycles. The molecule has 5 nitrogen and oxygen atoms in total. The molecular formula is C15H17F6N3O2. The van der Waals surface area contributed by atoms with Crippen LogP contribution in [0.15, 0.2) is 12.4 Å². The van der Waals surface area contributed by atoms with E-state index >= 15 is 0 Å².